The van der Waals surface area contributed by atoms with Gasteiger partial charge in [0.25, 0.3) is 0 Å². The Morgan fingerprint density at radius 2 is 1.14 bits per heavy atom. The molecule has 2 aliphatic rings. The topological polar surface area (TPSA) is 45.3 Å². The van der Waals surface area contributed by atoms with E-state index in [1.54, 1.807) is 0 Å². The van der Waals surface area contributed by atoms with Crippen LogP contribution in [0.15, 0.2) is 204 Å². The van der Waals surface area contributed by atoms with Crippen LogP contribution in [0.3, 0.4) is 0 Å². The van der Waals surface area contributed by atoms with E-state index in [2.05, 4.69) is 186 Å². The molecule has 2 atom stereocenters. The van der Waals surface area contributed by atoms with Crippen LogP contribution < -0.4 is 0 Å². The number of rotatable bonds is 7. The molecule has 8 aromatic rings. The molecular formula is C51H39N5. The fourth-order valence-corrected chi connectivity index (χ4v) is 8.26. The molecule has 0 spiro atoms. The molecule has 0 bridgehead atoms. The first kappa shape index (κ1) is 33.5. The average molecular weight is 722 g/mol. The molecule has 1 aliphatic carbocycles. The quantitative estimate of drug-likeness (QED) is 0.164. The summed E-state index contributed by atoms with van der Waals surface area (Å²) < 4.78 is 2.18. The fraction of sp³-hybridized carbons (Fsp3) is 0.0784. The van der Waals surface area contributed by atoms with Crippen LogP contribution in [-0.4, -0.2) is 33.2 Å². The number of hydrogen-bond donors (Lipinski definition) is 0. The number of allylic oxidation sites excluding steroid dienone is 4. The number of aliphatic imine (C=N–C) groups is 2. The van der Waals surface area contributed by atoms with E-state index in [0.29, 0.717) is 0 Å². The van der Waals surface area contributed by atoms with Crippen molar-refractivity contribution in [2.75, 3.05) is 7.05 Å². The van der Waals surface area contributed by atoms with E-state index in [-0.39, 0.29) is 12.1 Å². The highest BCUT2D eigenvalue weighted by molar-refractivity contribution is 6.13. The Labute approximate surface area is 327 Å². The molecule has 2 aromatic heterocycles. The molecule has 0 radical (unpaired) electrons. The van der Waals surface area contributed by atoms with Gasteiger partial charge in [-0.2, -0.15) is 5.10 Å². The molecule has 3 heterocycles. The summed E-state index contributed by atoms with van der Waals surface area (Å²) in [6.07, 6.45) is 11.7. The molecule has 0 fully saturated rings. The monoisotopic (exact) mass is 721 g/mol. The lowest BCUT2D eigenvalue weighted by Gasteiger charge is -2.32. The zero-order chi connectivity index (χ0) is 37.4. The molecule has 268 valence electrons. The summed E-state index contributed by atoms with van der Waals surface area (Å²) in [7, 11) is 2.08. The van der Waals surface area contributed by atoms with Crippen molar-refractivity contribution in [3.05, 3.63) is 217 Å². The van der Waals surface area contributed by atoms with Crippen LogP contribution in [0, 0.1) is 0 Å². The van der Waals surface area contributed by atoms with Crippen molar-refractivity contribution >= 4 is 28.0 Å². The van der Waals surface area contributed by atoms with E-state index in [9.17, 15) is 0 Å². The molecule has 56 heavy (non-hydrogen) atoms. The van der Waals surface area contributed by atoms with Gasteiger partial charge in [-0.15, -0.1) is 0 Å². The lowest BCUT2D eigenvalue weighted by atomic mass is 9.89. The predicted octanol–water partition coefficient (Wildman–Crippen LogP) is 11.9. The Balaban J connectivity index is 1.03. The Bertz CT molecular complexity index is 2810. The molecule has 0 amide bonds. The number of nitrogens with zero attached hydrogens (tertiary/aromatic N) is 5. The Morgan fingerprint density at radius 1 is 0.554 bits per heavy atom. The second-order valence-corrected chi connectivity index (χ2v) is 14.5. The minimum atomic E-state index is -0.220. The van der Waals surface area contributed by atoms with Crippen LogP contribution in [0.1, 0.15) is 40.8 Å². The minimum absolute atomic E-state index is 0.220. The van der Waals surface area contributed by atoms with Crippen LogP contribution in [-0.2, 0) is 0 Å². The second kappa shape index (κ2) is 14.3. The van der Waals surface area contributed by atoms with Crippen molar-refractivity contribution in [1.29, 1.82) is 0 Å². The van der Waals surface area contributed by atoms with Crippen LogP contribution in [0.2, 0.25) is 0 Å². The van der Waals surface area contributed by atoms with Crippen LogP contribution >= 0.6 is 0 Å². The number of aromatic nitrogens is 2. The van der Waals surface area contributed by atoms with Gasteiger partial charge >= 0.3 is 0 Å². The molecule has 0 saturated carbocycles. The third kappa shape index (κ3) is 5.94. The largest absolute Gasteiger partial charge is 0.333 e. The number of amidine groups is 2. The number of hydrogen-bond acceptors (Lipinski definition) is 4. The molecule has 1 aliphatic heterocycles. The zero-order valence-electron chi connectivity index (χ0n) is 31.1. The Morgan fingerprint density at radius 3 is 1.80 bits per heavy atom. The van der Waals surface area contributed by atoms with E-state index in [1.807, 2.05) is 24.3 Å². The van der Waals surface area contributed by atoms with E-state index >= 15 is 0 Å². The molecule has 5 heteroatoms. The smallest absolute Gasteiger partial charge is 0.159 e. The van der Waals surface area contributed by atoms with Crippen LogP contribution in [0.4, 0.5) is 0 Å². The first-order chi connectivity index (χ1) is 27.7. The van der Waals surface area contributed by atoms with Gasteiger partial charge in [0.15, 0.2) is 5.84 Å². The molecular weight excluding hydrogens is 683 g/mol. The first-order valence-corrected chi connectivity index (χ1v) is 19.2. The number of fused-ring (bicyclic) bond motifs is 3. The van der Waals surface area contributed by atoms with E-state index in [0.717, 1.165) is 62.7 Å². The van der Waals surface area contributed by atoms with Crippen molar-refractivity contribution < 1.29 is 0 Å². The normalized spacial score (nSPS) is 16.6. The zero-order valence-corrected chi connectivity index (χ0v) is 31.1. The summed E-state index contributed by atoms with van der Waals surface area (Å²) >= 11 is 0. The van der Waals surface area contributed by atoms with Crippen LogP contribution in [0.5, 0.6) is 0 Å². The van der Waals surface area contributed by atoms with E-state index < -0.39 is 0 Å². The summed E-state index contributed by atoms with van der Waals surface area (Å²) in [5.41, 5.74) is 12.5. The average Bonchev–Trinajstić information content (AvgIpc) is 3.73. The lowest BCUT2D eigenvalue weighted by molar-refractivity contribution is 0.383. The maximum atomic E-state index is 5.18. The standard InChI is InChI=1S/C51H39N5/c1-55-50(41-22-12-5-13-23-41)53-49(40-20-10-4-11-21-40)54-51(55)42-32-28-36(29-33-42)35-26-30-38(31-27-35)46-43-24-14-15-25-44(43)48-45(37-16-6-2-7-17-37)34-52-56(48)47(46)39-18-8-3-9-19-39/h2-16,18-34,37,51H,17H2,1H3. The number of pyridine rings is 1. The molecule has 5 nitrogen and oxygen atoms in total. The molecule has 2 unspecified atom stereocenters. The molecule has 10 rings (SSSR count). The van der Waals surface area contributed by atoms with Crippen molar-refractivity contribution in [1.82, 2.24) is 14.5 Å². The lowest BCUT2D eigenvalue weighted by Crippen LogP contribution is -2.35. The van der Waals surface area contributed by atoms with Gasteiger partial charge in [0.2, 0.25) is 0 Å². The van der Waals surface area contributed by atoms with Gasteiger partial charge in [-0.3, -0.25) is 0 Å². The van der Waals surface area contributed by atoms with Crippen molar-refractivity contribution in [2.24, 2.45) is 9.98 Å². The highest BCUT2D eigenvalue weighted by Gasteiger charge is 2.27. The maximum absolute atomic E-state index is 5.18. The van der Waals surface area contributed by atoms with Crippen molar-refractivity contribution in [3.8, 4) is 33.5 Å². The summed E-state index contributed by atoms with van der Waals surface area (Å²) in [6, 6.07) is 57.9. The fourth-order valence-electron chi connectivity index (χ4n) is 8.26. The maximum Gasteiger partial charge on any atom is 0.159 e. The van der Waals surface area contributed by atoms with Gasteiger partial charge < -0.3 is 4.90 Å². The second-order valence-electron chi connectivity index (χ2n) is 14.5. The van der Waals surface area contributed by atoms with Gasteiger partial charge in [-0.05, 0) is 34.1 Å². The van der Waals surface area contributed by atoms with Crippen LogP contribution in [0.25, 0.3) is 49.8 Å². The molecule has 0 saturated heterocycles. The highest BCUT2D eigenvalue weighted by atomic mass is 15.3. The predicted molar refractivity (Wildman–Crippen MR) is 231 cm³/mol. The minimum Gasteiger partial charge on any atom is -0.333 e. The van der Waals surface area contributed by atoms with E-state index in [1.165, 1.54) is 27.4 Å². The Hall–Kier alpha value is -7.11. The molecule has 0 N–H and O–H groups in total. The molecule has 6 aromatic carbocycles. The Kier molecular flexibility index (Phi) is 8.53. The third-order valence-electron chi connectivity index (χ3n) is 11.1. The van der Waals surface area contributed by atoms with Gasteiger partial charge in [-0.25, -0.2) is 14.5 Å². The van der Waals surface area contributed by atoms with Crippen molar-refractivity contribution in [2.45, 2.75) is 18.5 Å². The number of benzene rings is 6. The summed E-state index contributed by atoms with van der Waals surface area (Å²) in [5, 5.41) is 7.54. The van der Waals surface area contributed by atoms with Crippen molar-refractivity contribution in [3.63, 3.8) is 0 Å². The van der Waals surface area contributed by atoms with E-state index in [4.69, 9.17) is 15.1 Å². The van der Waals surface area contributed by atoms with Gasteiger partial charge in [0.1, 0.15) is 12.0 Å². The van der Waals surface area contributed by atoms with Gasteiger partial charge in [0, 0.05) is 46.2 Å². The van der Waals surface area contributed by atoms with Gasteiger partial charge in [0.05, 0.1) is 17.4 Å². The summed E-state index contributed by atoms with van der Waals surface area (Å²) in [4.78, 5) is 12.4. The first-order valence-electron chi connectivity index (χ1n) is 19.2. The highest BCUT2D eigenvalue weighted by Crippen LogP contribution is 2.43. The summed E-state index contributed by atoms with van der Waals surface area (Å²) in [5.74, 6) is 1.93. The SMILES string of the molecule is CN1C(c2ccccc2)=NC(c2ccccc2)=NC1c1ccc(-c2ccc(-c3c(-c4ccccc4)n4ncc(C5C=CC=CC5)c4c4ccccc34)cc2)cc1. The third-order valence-corrected chi connectivity index (χ3v) is 11.1. The summed E-state index contributed by atoms with van der Waals surface area (Å²) in [6.45, 7) is 0. The van der Waals surface area contributed by atoms with Gasteiger partial charge in [-0.1, -0.05) is 188 Å².